The van der Waals surface area contributed by atoms with Crippen LogP contribution in [0.25, 0.3) is 6.08 Å². The van der Waals surface area contributed by atoms with E-state index in [4.69, 9.17) is 16.3 Å². The molecule has 47 heavy (non-hydrogen) atoms. The van der Waals surface area contributed by atoms with Crippen LogP contribution in [0.4, 0.5) is 28.7 Å². The summed E-state index contributed by atoms with van der Waals surface area (Å²) < 4.78 is 71.7. The topological polar surface area (TPSA) is 259 Å². The van der Waals surface area contributed by atoms with Crippen molar-refractivity contribution in [2.45, 2.75) is 4.90 Å². The average molecular weight is 702 g/mol. The molecule has 0 aliphatic heterocycles. The van der Waals surface area contributed by atoms with Crippen molar-refractivity contribution >= 4 is 84.1 Å². The van der Waals surface area contributed by atoms with Crippen LogP contribution in [0.1, 0.15) is 26.3 Å². The zero-order valence-electron chi connectivity index (χ0n) is 23.5. The number of hydrogen-bond acceptors (Lipinski definition) is 14. The molecule has 0 bridgehead atoms. The summed E-state index contributed by atoms with van der Waals surface area (Å²) in [7, 11) is -8.18. The van der Waals surface area contributed by atoms with Gasteiger partial charge in [0.05, 0.1) is 23.3 Å². The first-order valence-electron chi connectivity index (χ1n) is 12.8. The van der Waals surface area contributed by atoms with Gasteiger partial charge in [-0.05, 0) is 71.8 Å². The van der Waals surface area contributed by atoms with Crippen LogP contribution in [0.5, 0.6) is 6.01 Å². The fourth-order valence-electron chi connectivity index (χ4n) is 4.23. The fraction of sp³-hybridized carbons (Fsp3) is 0.0370. The third kappa shape index (κ3) is 7.51. The molecule has 0 radical (unpaired) electrons. The summed E-state index contributed by atoms with van der Waals surface area (Å²) in [5.74, 6) is -2.44. The fourth-order valence-corrected chi connectivity index (χ4v) is 5.57. The Morgan fingerprint density at radius 2 is 1.60 bits per heavy atom. The molecule has 0 fully saturated rings. The number of carboxylic acids is 1. The minimum absolute atomic E-state index is 0.0571. The number of allylic oxidation sites excluding steroid dienone is 1. The number of ketones is 1. The lowest BCUT2D eigenvalue weighted by atomic mass is 9.94. The van der Waals surface area contributed by atoms with E-state index in [9.17, 15) is 40.6 Å². The maximum absolute atomic E-state index is 13.5. The normalized spacial score (nSPS) is 13.8. The number of hydrogen-bond donors (Lipinski definition) is 6. The number of nitrogens with zero attached hydrogens (tertiary/aromatic N) is 4. The summed E-state index contributed by atoms with van der Waals surface area (Å²) in [5.41, 5.74) is 1.85. The molecule has 0 atom stereocenters. The van der Waals surface area contributed by atoms with Crippen molar-refractivity contribution in [1.82, 2.24) is 15.0 Å². The maximum atomic E-state index is 13.5. The van der Waals surface area contributed by atoms with Crippen LogP contribution in [0.3, 0.4) is 0 Å². The molecular weight excluding hydrogens is 682 g/mol. The number of anilines is 5. The highest BCUT2D eigenvalue weighted by Gasteiger charge is 2.33. The van der Waals surface area contributed by atoms with Crippen molar-refractivity contribution in [3.05, 3.63) is 87.5 Å². The number of ether oxygens (including phenoxy) is 1. The molecule has 242 valence electrons. The Morgan fingerprint density at radius 1 is 0.894 bits per heavy atom. The van der Waals surface area contributed by atoms with E-state index >= 15 is 0 Å². The van der Waals surface area contributed by atoms with E-state index in [0.29, 0.717) is 0 Å². The number of carbonyl (C=O) groups is 2. The summed E-state index contributed by atoms with van der Waals surface area (Å²) >= 11 is 5.84. The predicted octanol–water partition coefficient (Wildman–Crippen LogP) is 3.86. The number of nitrogens with one attached hydrogen (secondary N) is 3. The molecule has 17 nitrogen and oxygen atoms in total. The second kappa shape index (κ2) is 12.7. The molecule has 20 heteroatoms. The Labute approximate surface area is 270 Å². The highest BCUT2D eigenvalue weighted by atomic mass is 35.5. The molecule has 0 saturated carbocycles. The van der Waals surface area contributed by atoms with Gasteiger partial charge < -0.3 is 20.5 Å². The van der Waals surface area contributed by atoms with Gasteiger partial charge in [0.1, 0.15) is 4.91 Å². The number of Topliss-reactive ketones (excluding diaryl/α,β-unsaturated/α-hetero) is 1. The number of fused-ring (bicyclic) bond motifs is 1. The summed E-state index contributed by atoms with van der Waals surface area (Å²) in [6, 6.07) is 13.1. The van der Waals surface area contributed by atoms with Gasteiger partial charge >= 0.3 is 12.0 Å². The molecule has 1 aliphatic rings. The third-order valence-corrected chi connectivity index (χ3v) is 8.18. The Balaban J connectivity index is 1.47. The van der Waals surface area contributed by atoms with E-state index < -0.39 is 42.6 Å². The standard InChI is InChI=1S/C27H20ClN7O10S2/c1-45-27-32-25(28)31-26(33-27)30-16-7-8-20(19(12-16)24(37)38)34-35-22-21(47(42,43)44)9-13-5-6-15(11-18(13)23(22)36)29-14-3-2-4-17(10-14)46(39,40)41/h2-12,29,34H,1H3,(H,37,38)(H,39,40,41)(H,42,43,44)(H,30,31,32,33)/b35-22+. The van der Waals surface area contributed by atoms with Crippen molar-refractivity contribution in [3.8, 4) is 6.01 Å². The van der Waals surface area contributed by atoms with E-state index in [1.54, 1.807) is 0 Å². The molecule has 1 aromatic heterocycles. The van der Waals surface area contributed by atoms with Crippen molar-refractivity contribution in [3.63, 3.8) is 0 Å². The molecule has 4 aromatic rings. The molecule has 1 heterocycles. The third-order valence-electron chi connectivity index (χ3n) is 6.30. The average Bonchev–Trinajstić information content (AvgIpc) is 3.00. The zero-order valence-corrected chi connectivity index (χ0v) is 25.9. The highest BCUT2D eigenvalue weighted by Crippen LogP contribution is 2.30. The number of methoxy groups -OCH3 is 1. The second-order valence-corrected chi connectivity index (χ2v) is 12.6. The minimum Gasteiger partial charge on any atom is -0.478 e. The Hall–Kier alpha value is -5.47. The number of benzene rings is 3. The number of halogens is 1. The summed E-state index contributed by atoms with van der Waals surface area (Å²) in [6.07, 6.45) is 1.01. The van der Waals surface area contributed by atoms with Crippen molar-refractivity contribution in [2.75, 3.05) is 23.2 Å². The number of rotatable bonds is 10. The molecule has 0 amide bonds. The smallest absolute Gasteiger partial charge is 0.337 e. The predicted molar refractivity (Wildman–Crippen MR) is 169 cm³/mol. The van der Waals surface area contributed by atoms with E-state index in [-0.39, 0.29) is 61.6 Å². The van der Waals surface area contributed by atoms with Crippen molar-refractivity contribution < 1.29 is 45.4 Å². The van der Waals surface area contributed by atoms with Crippen LogP contribution in [-0.4, -0.2) is 70.6 Å². The first-order valence-corrected chi connectivity index (χ1v) is 16.0. The van der Waals surface area contributed by atoms with Gasteiger partial charge in [0.25, 0.3) is 20.2 Å². The van der Waals surface area contributed by atoms with Gasteiger partial charge in [-0.1, -0.05) is 12.1 Å². The molecule has 1 aliphatic carbocycles. The minimum atomic E-state index is -5.00. The monoisotopic (exact) mass is 701 g/mol. The zero-order chi connectivity index (χ0) is 34.1. The van der Waals surface area contributed by atoms with Crippen LogP contribution in [0.2, 0.25) is 5.28 Å². The van der Waals surface area contributed by atoms with Crippen LogP contribution in [0, 0.1) is 0 Å². The molecule has 6 N–H and O–H groups in total. The number of carbonyl (C=O) groups excluding carboxylic acids is 1. The van der Waals surface area contributed by atoms with Gasteiger partial charge in [0, 0.05) is 22.6 Å². The van der Waals surface area contributed by atoms with Crippen LogP contribution in [0.15, 0.2) is 75.6 Å². The van der Waals surface area contributed by atoms with Crippen LogP contribution < -0.4 is 20.8 Å². The first kappa shape index (κ1) is 32.9. The lowest BCUT2D eigenvalue weighted by molar-refractivity contribution is 0.0697. The van der Waals surface area contributed by atoms with Gasteiger partial charge in [-0.3, -0.25) is 19.3 Å². The Morgan fingerprint density at radius 3 is 2.28 bits per heavy atom. The van der Waals surface area contributed by atoms with E-state index in [1.807, 2.05) is 0 Å². The summed E-state index contributed by atoms with van der Waals surface area (Å²) in [4.78, 5) is 36.0. The second-order valence-electron chi connectivity index (χ2n) is 9.42. The molecule has 5 rings (SSSR count). The van der Waals surface area contributed by atoms with Crippen LogP contribution in [-0.2, 0) is 20.2 Å². The largest absolute Gasteiger partial charge is 0.478 e. The molecule has 0 saturated heterocycles. The van der Waals surface area contributed by atoms with E-state index in [0.717, 1.165) is 12.1 Å². The Kier molecular flexibility index (Phi) is 8.91. The van der Waals surface area contributed by atoms with E-state index in [1.165, 1.54) is 61.7 Å². The number of carboxylic acid groups (broad SMARTS) is 1. The summed E-state index contributed by atoms with van der Waals surface area (Å²) in [5, 5.41) is 19.1. The molecule has 0 unspecified atom stereocenters. The van der Waals surface area contributed by atoms with Crippen LogP contribution >= 0.6 is 11.6 Å². The van der Waals surface area contributed by atoms with Gasteiger partial charge in [0.15, 0.2) is 5.71 Å². The van der Waals surface area contributed by atoms with Gasteiger partial charge in [0.2, 0.25) is 17.0 Å². The lowest BCUT2D eigenvalue weighted by Gasteiger charge is -2.18. The summed E-state index contributed by atoms with van der Waals surface area (Å²) in [6.45, 7) is 0. The van der Waals surface area contributed by atoms with Crippen molar-refractivity contribution in [1.29, 1.82) is 0 Å². The van der Waals surface area contributed by atoms with Gasteiger partial charge in [-0.2, -0.15) is 36.9 Å². The van der Waals surface area contributed by atoms with Crippen molar-refractivity contribution in [2.24, 2.45) is 5.10 Å². The Bertz CT molecular complexity index is 2240. The number of aromatic carboxylic acids is 1. The molecule has 3 aromatic carbocycles. The highest BCUT2D eigenvalue weighted by molar-refractivity contribution is 7.91. The lowest BCUT2D eigenvalue weighted by Crippen LogP contribution is -2.27. The molecular formula is C27H20ClN7O10S2. The van der Waals surface area contributed by atoms with Gasteiger partial charge in [-0.25, -0.2) is 4.79 Å². The quantitative estimate of drug-likeness (QED) is 0.101. The van der Waals surface area contributed by atoms with E-state index in [2.05, 4.69) is 36.1 Å². The first-order chi connectivity index (χ1) is 22.1. The number of hydrazone groups is 1. The SMILES string of the molecule is COc1nc(Cl)nc(Nc2ccc(N/N=C3/C(=O)c4cc(Nc5cccc(S(=O)(=O)O)c5)ccc4C=C3S(=O)(=O)O)c(C(=O)O)c2)n1. The van der Waals surface area contributed by atoms with Gasteiger partial charge in [-0.15, -0.1) is 0 Å². The maximum Gasteiger partial charge on any atom is 0.337 e. The number of aromatic nitrogens is 3. The molecule has 0 spiro atoms.